The van der Waals surface area contributed by atoms with E-state index >= 15 is 0 Å². The van der Waals surface area contributed by atoms with Crippen LogP contribution in [-0.2, 0) is 15.3 Å². The van der Waals surface area contributed by atoms with E-state index in [1.54, 1.807) is 11.8 Å². The number of guanidine groups is 1. The number of benzene rings is 2. The summed E-state index contributed by atoms with van der Waals surface area (Å²) in [5.74, 6) is 0.128. The number of anilines is 1. The van der Waals surface area contributed by atoms with Crippen molar-refractivity contribution >= 4 is 35.3 Å². The molecule has 0 aliphatic heterocycles. The minimum atomic E-state index is -1.82. The highest BCUT2D eigenvalue weighted by atomic mass is 32.2. The molecule has 0 spiro atoms. The Labute approximate surface area is 235 Å². The molecule has 0 fully saturated rings. The Morgan fingerprint density at radius 1 is 1.10 bits per heavy atom. The highest BCUT2D eigenvalue weighted by molar-refractivity contribution is 7.98. The van der Waals surface area contributed by atoms with Gasteiger partial charge in [-0.15, -0.1) is 22.0 Å². The molecule has 40 heavy (non-hydrogen) atoms. The van der Waals surface area contributed by atoms with Crippen LogP contribution in [0.3, 0.4) is 0 Å². The molecule has 3 aromatic rings. The van der Waals surface area contributed by atoms with E-state index in [9.17, 15) is 0 Å². The zero-order valence-electron chi connectivity index (χ0n) is 22.1. The SMILES string of the molecule is CN(C)CCCN=C(NC#N)Nc1ccc(-c2nnc(CSCCOc3ccccc3)o2)cc1.O=C(O)C(=O)O. The molecule has 0 radical (unpaired) electrons. The Hall–Kier alpha value is -4.61. The minimum Gasteiger partial charge on any atom is -0.493 e. The van der Waals surface area contributed by atoms with E-state index in [1.807, 2.05) is 74.9 Å². The topological polar surface area (TPSA) is 186 Å². The third-order valence-corrected chi connectivity index (χ3v) is 5.62. The van der Waals surface area contributed by atoms with E-state index in [0.717, 1.165) is 35.7 Å². The number of nitrogens with zero attached hydrogens (tertiary/aromatic N) is 5. The summed E-state index contributed by atoms with van der Waals surface area (Å²) in [4.78, 5) is 24.7. The largest absolute Gasteiger partial charge is 0.493 e. The number of carboxylic acids is 2. The number of hydrogen-bond acceptors (Lipinski definition) is 10. The number of ether oxygens (including phenoxy) is 1. The summed E-state index contributed by atoms with van der Waals surface area (Å²) >= 11 is 1.68. The van der Waals surface area contributed by atoms with Gasteiger partial charge in [0.1, 0.15) is 5.75 Å². The maximum absolute atomic E-state index is 9.10. The number of carbonyl (C=O) groups is 2. The number of thioether (sulfide) groups is 1. The van der Waals surface area contributed by atoms with Crippen molar-refractivity contribution in [2.24, 2.45) is 4.99 Å². The number of para-hydroxylation sites is 1. The van der Waals surface area contributed by atoms with Gasteiger partial charge >= 0.3 is 11.9 Å². The van der Waals surface area contributed by atoms with Gasteiger partial charge in [0.15, 0.2) is 6.19 Å². The number of nitriles is 1. The molecule has 4 N–H and O–H groups in total. The first-order valence-electron chi connectivity index (χ1n) is 12.0. The van der Waals surface area contributed by atoms with Crippen LogP contribution in [-0.4, -0.2) is 82.8 Å². The molecule has 1 heterocycles. The zero-order chi connectivity index (χ0) is 29.2. The van der Waals surface area contributed by atoms with Gasteiger partial charge in [0, 0.05) is 23.5 Å². The zero-order valence-corrected chi connectivity index (χ0v) is 22.9. The standard InChI is InChI=1S/C24H29N7O2S.C2H2O4/c1-31(2)14-6-13-26-24(27-18-25)28-20-11-9-19(10-12-20)23-30-29-22(33-23)17-34-16-15-32-21-7-4-3-5-8-21;3-1(4)2(5)6/h3-5,7-12H,6,13-17H2,1-2H3,(H2,26,27,28);(H,3,4)(H,5,6). The number of aliphatic imine (C=N–C) groups is 1. The summed E-state index contributed by atoms with van der Waals surface area (Å²) in [5.41, 5.74) is 1.62. The van der Waals surface area contributed by atoms with Crippen LogP contribution < -0.4 is 15.4 Å². The number of hydrogen-bond donors (Lipinski definition) is 4. The normalized spacial score (nSPS) is 10.7. The van der Waals surface area contributed by atoms with E-state index in [4.69, 9.17) is 34.2 Å². The third kappa shape index (κ3) is 12.8. The first-order valence-corrected chi connectivity index (χ1v) is 13.2. The van der Waals surface area contributed by atoms with Gasteiger partial charge in [0.2, 0.25) is 17.7 Å². The second kappa shape index (κ2) is 17.8. The van der Waals surface area contributed by atoms with Gasteiger partial charge in [-0.25, -0.2) is 9.59 Å². The molecule has 0 aliphatic rings. The van der Waals surface area contributed by atoms with Crippen LogP contribution in [0.5, 0.6) is 5.75 Å². The van der Waals surface area contributed by atoms with Crippen LogP contribution >= 0.6 is 11.8 Å². The molecule has 212 valence electrons. The molecule has 0 atom stereocenters. The van der Waals surface area contributed by atoms with E-state index < -0.39 is 11.9 Å². The van der Waals surface area contributed by atoms with Crippen LogP contribution in [0.15, 0.2) is 64.0 Å². The van der Waals surface area contributed by atoms with Gasteiger partial charge in [0.25, 0.3) is 0 Å². The van der Waals surface area contributed by atoms with Crippen molar-refractivity contribution in [3.63, 3.8) is 0 Å². The van der Waals surface area contributed by atoms with Gasteiger partial charge in [-0.1, -0.05) is 18.2 Å². The molecule has 1 aromatic heterocycles. The van der Waals surface area contributed by atoms with Crippen molar-refractivity contribution in [3.05, 3.63) is 60.5 Å². The predicted molar refractivity (Wildman–Crippen MR) is 151 cm³/mol. The van der Waals surface area contributed by atoms with Gasteiger partial charge in [-0.2, -0.15) is 5.26 Å². The van der Waals surface area contributed by atoms with E-state index in [-0.39, 0.29) is 0 Å². The van der Waals surface area contributed by atoms with Gasteiger partial charge in [-0.3, -0.25) is 10.3 Å². The van der Waals surface area contributed by atoms with E-state index in [1.165, 1.54) is 0 Å². The summed E-state index contributed by atoms with van der Waals surface area (Å²) in [6.45, 7) is 2.17. The molecular formula is C26H31N7O6S. The first kappa shape index (κ1) is 31.6. The fourth-order valence-electron chi connectivity index (χ4n) is 2.90. The maximum Gasteiger partial charge on any atom is 0.414 e. The van der Waals surface area contributed by atoms with Crippen LogP contribution in [0.4, 0.5) is 5.69 Å². The Kier molecular flexibility index (Phi) is 14.1. The molecule has 0 aliphatic carbocycles. The lowest BCUT2D eigenvalue weighted by atomic mass is 10.2. The maximum atomic E-state index is 9.10. The van der Waals surface area contributed by atoms with Crippen LogP contribution in [0.1, 0.15) is 12.3 Å². The van der Waals surface area contributed by atoms with Crippen molar-refractivity contribution in [3.8, 4) is 23.4 Å². The van der Waals surface area contributed by atoms with Crippen molar-refractivity contribution in [2.75, 3.05) is 44.9 Å². The number of rotatable bonds is 12. The summed E-state index contributed by atoms with van der Waals surface area (Å²) in [6, 6.07) is 17.3. The van der Waals surface area contributed by atoms with Crippen LogP contribution in [0, 0.1) is 11.5 Å². The monoisotopic (exact) mass is 569 g/mol. The van der Waals surface area contributed by atoms with Gasteiger partial charge < -0.3 is 29.6 Å². The Bertz CT molecular complexity index is 1250. The smallest absolute Gasteiger partial charge is 0.414 e. The Morgan fingerprint density at radius 2 is 1.80 bits per heavy atom. The fraction of sp³-hybridized carbons (Fsp3) is 0.308. The fourth-order valence-corrected chi connectivity index (χ4v) is 3.53. The number of carboxylic acid groups (broad SMARTS) is 2. The number of aliphatic carboxylic acids is 2. The average Bonchev–Trinajstić information content (AvgIpc) is 3.41. The summed E-state index contributed by atoms with van der Waals surface area (Å²) in [5, 5.41) is 37.8. The summed E-state index contributed by atoms with van der Waals surface area (Å²) in [7, 11) is 4.04. The third-order valence-electron chi connectivity index (χ3n) is 4.72. The average molecular weight is 570 g/mol. The molecule has 0 amide bonds. The van der Waals surface area contributed by atoms with Gasteiger partial charge in [0.05, 0.1) is 12.4 Å². The van der Waals surface area contributed by atoms with E-state index in [2.05, 4.69) is 30.7 Å². The minimum absolute atomic E-state index is 0.419. The lowest BCUT2D eigenvalue weighted by molar-refractivity contribution is -0.159. The highest BCUT2D eigenvalue weighted by Crippen LogP contribution is 2.22. The van der Waals surface area contributed by atoms with Crippen molar-refractivity contribution in [1.82, 2.24) is 20.4 Å². The summed E-state index contributed by atoms with van der Waals surface area (Å²) < 4.78 is 11.5. The van der Waals surface area contributed by atoms with E-state index in [0.29, 0.717) is 36.6 Å². The molecule has 2 aromatic carbocycles. The van der Waals surface area contributed by atoms with Gasteiger partial charge in [-0.05, 0) is 63.5 Å². The first-order chi connectivity index (χ1) is 19.3. The number of nitrogens with one attached hydrogen (secondary N) is 2. The molecule has 13 nitrogen and oxygen atoms in total. The molecule has 0 unspecified atom stereocenters. The van der Waals surface area contributed by atoms with Crippen LogP contribution in [0.2, 0.25) is 0 Å². The lowest BCUT2D eigenvalue weighted by Crippen LogP contribution is -2.27. The van der Waals surface area contributed by atoms with Crippen molar-refractivity contribution < 1.29 is 29.0 Å². The Morgan fingerprint density at radius 3 is 2.42 bits per heavy atom. The lowest BCUT2D eigenvalue weighted by Gasteiger charge is -2.10. The highest BCUT2D eigenvalue weighted by Gasteiger charge is 2.09. The second-order valence-electron chi connectivity index (χ2n) is 8.15. The molecule has 14 heteroatoms. The van der Waals surface area contributed by atoms with Crippen molar-refractivity contribution in [2.45, 2.75) is 12.2 Å². The number of aromatic nitrogens is 2. The molecule has 3 rings (SSSR count). The summed E-state index contributed by atoms with van der Waals surface area (Å²) in [6.07, 6.45) is 2.82. The second-order valence-corrected chi connectivity index (χ2v) is 9.26. The molecule has 0 saturated carbocycles. The molecule has 0 saturated heterocycles. The quantitative estimate of drug-likeness (QED) is 0.0623. The predicted octanol–water partition coefficient (Wildman–Crippen LogP) is 2.99. The molecule has 0 bridgehead atoms. The Balaban J connectivity index is 0.000000840. The van der Waals surface area contributed by atoms with Crippen LogP contribution in [0.25, 0.3) is 11.5 Å². The molecular weight excluding hydrogens is 538 g/mol. The van der Waals surface area contributed by atoms with Crippen molar-refractivity contribution in [1.29, 1.82) is 5.26 Å².